The summed E-state index contributed by atoms with van der Waals surface area (Å²) in [5.74, 6) is 0.651. The minimum absolute atomic E-state index is 0.196. The summed E-state index contributed by atoms with van der Waals surface area (Å²) in [4.78, 5) is 32.2. The lowest BCUT2D eigenvalue weighted by Gasteiger charge is -2.13. The Morgan fingerprint density at radius 3 is 2.46 bits per heavy atom. The molecule has 1 aliphatic carbocycles. The van der Waals surface area contributed by atoms with E-state index >= 15 is 0 Å². The molecular formula is C21H21N3O4. The topological polar surface area (TPSA) is 104 Å². The third-order valence-electron chi connectivity index (χ3n) is 5.07. The zero-order valence-electron chi connectivity index (χ0n) is 15.9. The summed E-state index contributed by atoms with van der Waals surface area (Å²) >= 11 is 0. The molecule has 7 nitrogen and oxygen atoms in total. The Labute approximate surface area is 161 Å². The Morgan fingerprint density at radius 2 is 1.89 bits per heavy atom. The summed E-state index contributed by atoms with van der Waals surface area (Å²) in [6.45, 7) is 3.55. The molecule has 0 bridgehead atoms. The average Bonchev–Trinajstić information content (AvgIpc) is 3.41. The molecule has 1 heterocycles. The lowest BCUT2D eigenvalue weighted by atomic mass is 10.0. The molecule has 3 aromatic rings. The van der Waals surface area contributed by atoms with Crippen LogP contribution in [0.15, 0.2) is 24.3 Å². The number of amides is 1. The average molecular weight is 379 g/mol. The molecule has 3 N–H and O–H groups in total. The fourth-order valence-electron chi connectivity index (χ4n) is 3.45. The first-order valence-electron chi connectivity index (χ1n) is 9.11. The molecule has 1 aromatic heterocycles. The van der Waals surface area contributed by atoms with E-state index < -0.39 is 5.97 Å². The number of fused-ring (bicyclic) bond motifs is 1. The van der Waals surface area contributed by atoms with Gasteiger partial charge in [0.05, 0.1) is 18.2 Å². The van der Waals surface area contributed by atoms with Crippen molar-refractivity contribution in [3.05, 3.63) is 52.3 Å². The summed E-state index contributed by atoms with van der Waals surface area (Å²) < 4.78 is 5.41. The quantitative estimate of drug-likeness (QED) is 0.621. The van der Waals surface area contributed by atoms with Crippen molar-refractivity contribution < 1.29 is 19.4 Å². The van der Waals surface area contributed by atoms with Crippen LogP contribution in [-0.2, 0) is 0 Å². The summed E-state index contributed by atoms with van der Waals surface area (Å²) in [7, 11) is 1.59. The van der Waals surface area contributed by atoms with Gasteiger partial charge in [-0.1, -0.05) is 0 Å². The molecule has 7 heteroatoms. The maximum absolute atomic E-state index is 13.0. The molecule has 1 saturated carbocycles. The molecule has 1 aliphatic rings. The number of imidazole rings is 1. The van der Waals surface area contributed by atoms with Gasteiger partial charge in [0.25, 0.3) is 5.91 Å². The zero-order chi connectivity index (χ0) is 20.0. The highest BCUT2D eigenvalue weighted by Gasteiger charge is 2.28. The second-order valence-electron chi connectivity index (χ2n) is 7.18. The standard InChI is InChI=1S/C21H21N3O4/c1-10-8-13(21(26)27)9-11(2)16(10)24-20(25)14-6-7-15(28-3)18-17(14)22-19(23-18)12-4-5-12/h6-9,12H,4-5H2,1-3H3,(H,22,23)(H,24,25)(H,26,27). The number of anilines is 1. The first kappa shape index (κ1) is 18.0. The molecule has 4 rings (SSSR count). The number of aromatic carboxylic acids is 1. The van der Waals surface area contributed by atoms with Crippen LogP contribution in [0, 0.1) is 13.8 Å². The van der Waals surface area contributed by atoms with Crippen molar-refractivity contribution in [3.63, 3.8) is 0 Å². The number of carboxylic acid groups (broad SMARTS) is 1. The van der Waals surface area contributed by atoms with Gasteiger partial charge in [0, 0.05) is 11.6 Å². The van der Waals surface area contributed by atoms with Gasteiger partial charge in [0.1, 0.15) is 22.6 Å². The molecule has 0 radical (unpaired) electrons. The lowest BCUT2D eigenvalue weighted by molar-refractivity contribution is 0.0696. The number of carbonyl (C=O) groups is 2. The largest absolute Gasteiger partial charge is 0.494 e. The van der Waals surface area contributed by atoms with Crippen LogP contribution in [0.2, 0.25) is 0 Å². The van der Waals surface area contributed by atoms with Gasteiger partial charge in [-0.15, -0.1) is 0 Å². The monoisotopic (exact) mass is 379 g/mol. The Morgan fingerprint density at radius 1 is 1.21 bits per heavy atom. The molecule has 2 aromatic carbocycles. The van der Waals surface area contributed by atoms with E-state index in [-0.39, 0.29) is 11.5 Å². The van der Waals surface area contributed by atoms with Gasteiger partial charge < -0.3 is 20.1 Å². The number of ether oxygens (including phenoxy) is 1. The van der Waals surface area contributed by atoms with Crippen LogP contribution in [-0.4, -0.2) is 34.1 Å². The van der Waals surface area contributed by atoms with Crippen LogP contribution in [0.3, 0.4) is 0 Å². The van der Waals surface area contributed by atoms with Crippen molar-refractivity contribution in [1.29, 1.82) is 0 Å². The number of hydrogen-bond donors (Lipinski definition) is 3. The lowest BCUT2D eigenvalue weighted by Crippen LogP contribution is -2.15. The van der Waals surface area contributed by atoms with Gasteiger partial charge in [-0.05, 0) is 62.1 Å². The second-order valence-corrected chi connectivity index (χ2v) is 7.18. The number of rotatable bonds is 5. The molecule has 0 atom stereocenters. The van der Waals surface area contributed by atoms with E-state index in [9.17, 15) is 14.7 Å². The van der Waals surface area contributed by atoms with E-state index in [0.717, 1.165) is 18.7 Å². The molecule has 1 fully saturated rings. The van der Waals surface area contributed by atoms with Crippen LogP contribution in [0.5, 0.6) is 5.75 Å². The Kier molecular flexibility index (Phi) is 4.30. The van der Waals surface area contributed by atoms with Gasteiger partial charge >= 0.3 is 5.97 Å². The van der Waals surface area contributed by atoms with Crippen LogP contribution < -0.4 is 10.1 Å². The molecule has 0 aliphatic heterocycles. The number of aromatic amines is 1. The normalized spacial score (nSPS) is 13.5. The molecular weight excluding hydrogens is 358 g/mol. The molecule has 0 spiro atoms. The number of benzene rings is 2. The number of methoxy groups -OCH3 is 1. The highest BCUT2D eigenvalue weighted by molar-refractivity contribution is 6.13. The maximum Gasteiger partial charge on any atom is 0.335 e. The fraction of sp³-hybridized carbons (Fsp3) is 0.286. The van der Waals surface area contributed by atoms with Crippen LogP contribution in [0.4, 0.5) is 5.69 Å². The van der Waals surface area contributed by atoms with Gasteiger partial charge in [0.2, 0.25) is 0 Å². The molecule has 144 valence electrons. The predicted octanol–water partition coefficient (Wildman–Crippen LogP) is 4.02. The van der Waals surface area contributed by atoms with Crippen LogP contribution >= 0.6 is 0 Å². The summed E-state index contributed by atoms with van der Waals surface area (Å²) in [5, 5.41) is 12.1. The molecule has 0 unspecified atom stereocenters. The molecule has 28 heavy (non-hydrogen) atoms. The van der Waals surface area contributed by atoms with Gasteiger partial charge in [-0.25, -0.2) is 9.78 Å². The second kappa shape index (κ2) is 6.67. The van der Waals surface area contributed by atoms with E-state index in [1.165, 1.54) is 0 Å². The Hall–Kier alpha value is -3.35. The first-order chi connectivity index (χ1) is 13.4. The minimum atomic E-state index is -0.995. The number of aromatic nitrogens is 2. The number of aryl methyl sites for hydroxylation is 2. The zero-order valence-corrected chi connectivity index (χ0v) is 15.9. The summed E-state index contributed by atoms with van der Waals surface area (Å²) in [6, 6.07) is 6.55. The van der Waals surface area contributed by atoms with Crippen molar-refractivity contribution in [2.24, 2.45) is 0 Å². The molecule has 1 amide bonds. The van der Waals surface area contributed by atoms with E-state index in [1.54, 1.807) is 45.2 Å². The third kappa shape index (κ3) is 3.09. The number of nitrogens with zero attached hydrogens (tertiary/aromatic N) is 1. The first-order valence-corrected chi connectivity index (χ1v) is 9.11. The summed E-state index contributed by atoms with van der Waals surface area (Å²) in [6.07, 6.45) is 2.19. The van der Waals surface area contributed by atoms with Gasteiger partial charge in [-0.2, -0.15) is 0 Å². The van der Waals surface area contributed by atoms with Crippen LogP contribution in [0.25, 0.3) is 11.0 Å². The maximum atomic E-state index is 13.0. The van der Waals surface area contributed by atoms with Gasteiger partial charge in [-0.3, -0.25) is 4.79 Å². The van der Waals surface area contributed by atoms with Crippen molar-refractivity contribution in [3.8, 4) is 5.75 Å². The van der Waals surface area contributed by atoms with E-state index in [1.807, 2.05) is 0 Å². The third-order valence-corrected chi connectivity index (χ3v) is 5.07. The van der Waals surface area contributed by atoms with Crippen molar-refractivity contribution >= 4 is 28.6 Å². The smallest absolute Gasteiger partial charge is 0.335 e. The Bertz CT molecular complexity index is 1090. The number of carboxylic acids is 1. The fourth-order valence-corrected chi connectivity index (χ4v) is 3.45. The molecule has 0 saturated heterocycles. The summed E-state index contributed by atoms with van der Waals surface area (Å²) in [5.41, 5.74) is 3.92. The number of H-pyrrole nitrogens is 1. The Balaban J connectivity index is 1.73. The highest BCUT2D eigenvalue weighted by atomic mass is 16.5. The van der Waals surface area contributed by atoms with E-state index in [2.05, 4.69) is 15.3 Å². The van der Waals surface area contributed by atoms with Crippen molar-refractivity contribution in [2.45, 2.75) is 32.6 Å². The number of carbonyl (C=O) groups excluding carboxylic acids is 1. The van der Waals surface area contributed by atoms with Crippen LogP contribution in [0.1, 0.15) is 56.4 Å². The highest BCUT2D eigenvalue weighted by Crippen LogP contribution is 2.40. The predicted molar refractivity (Wildman–Crippen MR) is 105 cm³/mol. The number of nitrogens with one attached hydrogen (secondary N) is 2. The van der Waals surface area contributed by atoms with Crippen molar-refractivity contribution in [1.82, 2.24) is 9.97 Å². The SMILES string of the molecule is COc1ccc(C(=O)Nc2c(C)cc(C(=O)O)cc2C)c2nc(C3CC3)[nH]c12. The van der Waals surface area contributed by atoms with Gasteiger partial charge in [0.15, 0.2) is 0 Å². The number of hydrogen-bond acceptors (Lipinski definition) is 4. The minimum Gasteiger partial charge on any atom is -0.494 e. The van der Waals surface area contributed by atoms with E-state index in [4.69, 9.17) is 4.74 Å². The van der Waals surface area contributed by atoms with E-state index in [0.29, 0.717) is 45.1 Å². The van der Waals surface area contributed by atoms with Crippen molar-refractivity contribution in [2.75, 3.05) is 12.4 Å².